The predicted octanol–water partition coefficient (Wildman–Crippen LogP) is 6.07. The van der Waals surface area contributed by atoms with Gasteiger partial charge in [-0.25, -0.2) is 4.98 Å². The van der Waals surface area contributed by atoms with Crippen LogP contribution in [0.4, 0.5) is 0 Å². The summed E-state index contributed by atoms with van der Waals surface area (Å²) in [6.45, 7) is 7.96. The third-order valence-corrected chi connectivity index (χ3v) is 8.76. The average Bonchev–Trinajstić information content (AvgIpc) is 3.70. The first-order valence-electron chi connectivity index (χ1n) is 13.1. The number of likely N-dealkylation sites (tertiary alicyclic amines) is 1. The molecule has 0 N–H and O–H groups in total. The van der Waals surface area contributed by atoms with Crippen molar-refractivity contribution < 1.29 is 14.3 Å². The Kier molecular flexibility index (Phi) is 8.04. The number of ether oxygens (including phenoxy) is 1. The summed E-state index contributed by atoms with van der Waals surface area (Å²) in [6.07, 6.45) is 4.24. The summed E-state index contributed by atoms with van der Waals surface area (Å²) in [7, 11) is 0. The quantitative estimate of drug-likeness (QED) is 0.250. The van der Waals surface area contributed by atoms with Crippen LogP contribution in [0.2, 0.25) is 0 Å². The lowest BCUT2D eigenvalue weighted by Gasteiger charge is -2.31. The lowest BCUT2D eigenvalue weighted by atomic mass is 9.97. The van der Waals surface area contributed by atoms with Gasteiger partial charge in [-0.1, -0.05) is 13.0 Å². The molecule has 4 aromatic heterocycles. The fourth-order valence-electron chi connectivity index (χ4n) is 4.95. The maximum absolute atomic E-state index is 13.8. The van der Waals surface area contributed by atoms with E-state index in [0.717, 1.165) is 52.6 Å². The zero-order valence-corrected chi connectivity index (χ0v) is 23.6. The van der Waals surface area contributed by atoms with Crippen LogP contribution in [0.5, 0.6) is 0 Å². The molecule has 0 radical (unpaired) electrons. The Morgan fingerprint density at radius 1 is 1.18 bits per heavy atom. The highest BCUT2D eigenvalue weighted by Gasteiger charge is 2.31. The van der Waals surface area contributed by atoms with Crippen LogP contribution in [0.25, 0.3) is 22.0 Å². The lowest BCUT2D eigenvalue weighted by Crippen LogP contribution is -2.43. The van der Waals surface area contributed by atoms with Gasteiger partial charge in [0.1, 0.15) is 5.01 Å². The molecule has 1 fully saturated rings. The van der Waals surface area contributed by atoms with E-state index in [9.17, 15) is 9.59 Å². The first-order valence-corrected chi connectivity index (χ1v) is 14.8. The monoisotopic (exact) mass is 548 g/mol. The molecule has 1 atom stereocenters. The fraction of sp³-hybridized carbons (Fsp3) is 0.379. The molecule has 5 heterocycles. The molecule has 1 unspecified atom stereocenters. The maximum atomic E-state index is 13.8. The molecule has 1 aliphatic rings. The number of carbonyl (C=O) groups is 2. The second-order valence-corrected chi connectivity index (χ2v) is 11.4. The van der Waals surface area contributed by atoms with Gasteiger partial charge in [-0.15, -0.1) is 22.7 Å². The normalized spacial score (nSPS) is 15.6. The van der Waals surface area contributed by atoms with Gasteiger partial charge in [0.2, 0.25) is 0 Å². The molecule has 0 spiro atoms. The van der Waals surface area contributed by atoms with E-state index < -0.39 is 0 Å². The molecule has 38 heavy (non-hydrogen) atoms. The van der Waals surface area contributed by atoms with Gasteiger partial charge in [0.25, 0.3) is 5.91 Å². The lowest BCUT2D eigenvalue weighted by molar-refractivity contribution is -0.149. The van der Waals surface area contributed by atoms with E-state index in [4.69, 9.17) is 9.72 Å². The third kappa shape index (κ3) is 5.44. The molecule has 0 saturated carbocycles. The molecule has 198 valence electrons. The molecule has 1 amide bonds. The molecular formula is C29H32N4O3S2. The summed E-state index contributed by atoms with van der Waals surface area (Å²) < 4.78 is 7.43. The number of amides is 1. The second kappa shape index (κ2) is 11.6. The standard InChI is InChI=1S/C29H32N4O3S2/c1-4-22-14-20(10-11-30-22)27-31-25(18-38-27)26-15-24(19(3)33(26)17-23-9-7-13-37-23)28(34)32-12-6-8-21(16-32)29(35)36-5-2/h7,9-11,13-15,18,21H,4-6,8,12,16-17H2,1-3H3. The molecule has 0 aromatic carbocycles. The zero-order valence-electron chi connectivity index (χ0n) is 22.0. The van der Waals surface area contributed by atoms with Crippen LogP contribution < -0.4 is 0 Å². The van der Waals surface area contributed by atoms with Gasteiger partial charge in [0, 0.05) is 46.5 Å². The summed E-state index contributed by atoms with van der Waals surface area (Å²) in [5.41, 5.74) is 5.42. The number of esters is 1. The van der Waals surface area contributed by atoms with Crippen molar-refractivity contribution in [2.24, 2.45) is 5.92 Å². The predicted molar refractivity (Wildman–Crippen MR) is 152 cm³/mol. The van der Waals surface area contributed by atoms with Crippen LogP contribution >= 0.6 is 22.7 Å². The first kappa shape index (κ1) is 26.3. The minimum absolute atomic E-state index is 0.0418. The third-order valence-electron chi connectivity index (χ3n) is 7.01. The average molecular weight is 549 g/mol. The number of carbonyl (C=O) groups excluding carboxylic acids is 2. The Bertz CT molecular complexity index is 1420. The highest BCUT2D eigenvalue weighted by Crippen LogP contribution is 2.33. The van der Waals surface area contributed by atoms with Crippen molar-refractivity contribution in [2.75, 3.05) is 19.7 Å². The molecular weight excluding hydrogens is 516 g/mol. The summed E-state index contributed by atoms with van der Waals surface area (Å²) in [4.78, 5) is 38.6. The van der Waals surface area contributed by atoms with Gasteiger partial charge in [-0.05, 0) is 62.8 Å². The number of piperidine rings is 1. The number of aryl methyl sites for hydroxylation is 1. The van der Waals surface area contributed by atoms with Crippen molar-refractivity contribution in [3.05, 3.63) is 69.1 Å². The minimum Gasteiger partial charge on any atom is -0.466 e. The van der Waals surface area contributed by atoms with Crippen LogP contribution in [0.3, 0.4) is 0 Å². The fourth-order valence-corrected chi connectivity index (χ4v) is 6.45. The van der Waals surface area contributed by atoms with Crippen LogP contribution in [-0.4, -0.2) is 51.0 Å². The summed E-state index contributed by atoms with van der Waals surface area (Å²) in [5.74, 6) is -0.523. The molecule has 4 aromatic rings. The van der Waals surface area contributed by atoms with E-state index in [0.29, 0.717) is 31.8 Å². The Hall–Kier alpha value is -3.30. The molecule has 1 aliphatic heterocycles. The maximum Gasteiger partial charge on any atom is 0.310 e. The summed E-state index contributed by atoms with van der Waals surface area (Å²) in [6, 6.07) is 10.2. The largest absolute Gasteiger partial charge is 0.466 e. The topological polar surface area (TPSA) is 77.3 Å². The molecule has 5 rings (SSSR count). The second-order valence-electron chi connectivity index (χ2n) is 9.46. The van der Waals surface area contributed by atoms with E-state index in [1.54, 1.807) is 22.7 Å². The van der Waals surface area contributed by atoms with E-state index >= 15 is 0 Å². The summed E-state index contributed by atoms with van der Waals surface area (Å²) >= 11 is 3.29. The van der Waals surface area contributed by atoms with Gasteiger partial charge in [-0.2, -0.15) is 0 Å². The number of thiophene rings is 1. The van der Waals surface area contributed by atoms with E-state index in [1.807, 2.05) is 43.1 Å². The molecule has 0 aliphatic carbocycles. The molecule has 1 saturated heterocycles. The van der Waals surface area contributed by atoms with Crippen molar-refractivity contribution in [3.8, 4) is 22.0 Å². The SMILES string of the molecule is CCOC(=O)C1CCCN(C(=O)c2cc(-c3csc(-c4ccnc(CC)c4)n3)n(Cc3cccs3)c2C)C1. The van der Waals surface area contributed by atoms with Gasteiger partial charge in [0.15, 0.2) is 0 Å². The number of thiazole rings is 1. The zero-order chi connectivity index (χ0) is 26.6. The number of pyridine rings is 1. The number of rotatable bonds is 8. The van der Waals surface area contributed by atoms with Crippen LogP contribution in [0.1, 0.15) is 53.3 Å². The van der Waals surface area contributed by atoms with Crippen molar-refractivity contribution in [2.45, 2.75) is 46.6 Å². The molecule has 7 nitrogen and oxygen atoms in total. The molecule has 0 bridgehead atoms. The molecule has 9 heteroatoms. The Morgan fingerprint density at radius 3 is 2.82 bits per heavy atom. The van der Waals surface area contributed by atoms with Gasteiger partial charge in [0.05, 0.1) is 36.0 Å². The van der Waals surface area contributed by atoms with Gasteiger partial charge >= 0.3 is 5.97 Å². The minimum atomic E-state index is -0.268. The smallest absolute Gasteiger partial charge is 0.310 e. The number of nitrogens with zero attached hydrogens (tertiary/aromatic N) is 4. The Balaban J connectivity index is 1.49. The van der Waals surface area contributed by atoms with Crippen molar-refractivity contribution in [1.29, 1.82) is 0 Å². The van der Waals surface area contributed by atoms with Crippen molar-refractivity contribution >= 4 is 34.6 Å². The van der Waals surface area contributed by atoms with Gasteiger partial charge < -0.3 is 14.2 Å². The van der Waals surface area contributed by atoms with Crippen LogP contribution in [0, 0.1) is 12.8 Å². The van der Waals surface area contributed by atoms with E-state index in [1.165, 1.54) is 4.88 Å². The van der Waals surface area contributed by atoms with Crippen LogP contribution in [-0.2, 0) is 22.5 Å². The summed E-state index contributed by atoms with van der Waals surface area (Å²) in [5, 5.41) is 5.06. The highest BCUT2D eigenvalue weighted by atomic mass is 32.1. The van der Waals surface area contributed by atoms with Gasteiger partial charge in [-0.3, -0.25) is 14.6 Å². The number of hydrogen-bond donors (Lipinski definition) is 0. The van der Waals surface area contributed by atoms with E-state index in [2.05, 4.69) is 39.4 Å². The Labute approximate surface area is 231 Å². The number of aromatic nitrogens is 3. The van der Waals surface area contributed by atoms with Crippen molar-refractivity contribution in [1.82, 2.24) is 19.4 Å². The number of hydrogen-bond acceptors (Lipinski definition) is 7. The van der Waals surface area contributed by atoms with Crippen molar-refractivity contribution in [3.63, 3.8) is 0 Å². The van der Waals surface area contributed by atoms with E-state index in [-0.39, 0.29) is 17.8 Å². The first-order chi connectivity index (χ1) is 18.5. The Morgan fingerprint density at radius 2 is 2.05 bits per heavy atom. The highest BCUT2D eigenvalue weighted by molar-refractivity contribution is 7.13. The van der Waals surface area contributed by atoms with Crippen LogP contribution in [0.15, 0.2) is 47.3 Å².